The van der Waals surface area contributed by atoms with Gasteiger partial charge in [0.25, 0.3) is 17.1 Å². The van der Waals surface area contributed by atoms with Crippen molar-refractivity contribution in [1.29, 1.82) is 0 Å². The molecule has 0 spiro atoms. The van der Waals surface area contributed by atoms with Crippen LogP contribution in [0.2, 0.25) is 0 Å². The second-order valence-corrected chi connectivity index (χ2v) is 7.62. The number of rotatable bonds is 6. The fourth-order valence-electron chi connectivity index (χ4n) is 2.94. The van der Waals surface area contributed by atoms with Gasteiger partial charge in [0, 0.05) is 19.3 Å². The van der Waals surface area contributed by atoms with E-state index in [4.69, 9.17) is 0 Å². The number of thioether (sulfide) groups is 1. The summed E-state index contributed by atoms with van der Waals surface area (Å²) < 4.78 is 14.6. The van der Waals surface area contributed by atoms with Crippen molar-refractivity contribution < 1.29 is 18.8 Å². The first-order valence-electron chi connectivity index (χ1n) is 9.41. The molecule has 2 aromatic carbocycles. The molecule has 1 N–H and O–H groups in total. The maximum atomic E-state index is 13.0. The third kappa shape index (κ3) is 4.72. The van der Waals surface area contributed by atoms with Gasteiger partial charge < -0.3 is 5.32 Å². The Balaban J connectivity index is 1.33. The van der Waals surface area contributed by atoms with E-state index in [0.717, 1.165) is 22.3 Å². The van der Waals surface area contributed by atoms with Crippen LogP contribution in [0, 0.1) is 5.82 Å². The number of hydrogen-bond donors (Lipinski definition) is 1. The average Bonchev–Trinajstić information content (AvgIpc) is 3.37. The Morgan fingerprint density at radius 1 is 1.06 bits per heavy atom. The minimum Gasteiger partial charge on any atom is -0.349 e. The lowest BCUT2D eigenvalue weighted by atomic mass is 10.2. The molecule has 3 amide bonds. The molecule has 2 heterocycles. The number of para-hydroxylation sites is 1. The van der Waals surface area contributed by atoms with E-state index in [1.165, 1.54) is 24.3 Å². The molecule has 4 rings (SSSR count). The zero-order valence-electron chi connectivity index (χ0n) is 16.2. The van der Waals surface area contributed by atoms with Crippen LogP contribution in [0.3, 0.4) is 0 Å². The van der Waals surface area contributed by atoms with E-state index in [2.05, 4.69) is 10.4 Å². The van der Waals surface area contributed by atoms with Crippen LogP contribution < -0.4 is 5.32 Å². The molecule has 0 saturated carbocycles. The van der Waals surface area contributed by atoms with E-state index < -0.39 is 17.1 Å². The van der Waals surface area contributed by atoms with E-state index >= 15 is 0 Å². The van der Waals surface area contributed by atoms with Crippen LogP contribution in [0.25, 0.3) is 11.8 Å². The number of imide groups is 1. The summed E-state index contributed by atoms with van der Waals surface area (Å²) >= 11 is 0.813. The maximum Gasteiger partial charge on any atom is 0.293 e. The van der Waals surface area contributed by atoms with Crippen molar-refractivity contribution in [3.63, 3.8) is 0 Å². The van der Waals surface area contributed by atoms with Crippen LogP contribution in [-0.2, 0) is 4.79 Å². The lowest BCUT2D eigenvalue weighted by molar-refractivity contribution is -0.122. The van der Waals surface area contributed by atoms with Gasteiger partial charge in [-0.25, -0.2) is 9.07 Å². The first kappa shape index (κ1) is 20.5. The standard InChI is InChI=1S/C22H17FN4O3S/c23-16-8-6-15(7-9-16)14-19-21(29)26(22(30)31-19)13-11-24-20(28)18-10-12-27(25-18)17-4-2-1-3-5-17/h1-10,12,14H,11,13H2,(H,24,28)/b19-14-. The highest BCUT2D eigenvalue weighted by Gasteiger charge is 2.34. The molecule has 7 nitrogen and oxygen atoms in total. The quantitative estimate of drug-likeness (QED) is 0.598. The number of amides is 3. The summed E-state index contributed by atoms with van der Waals surface area (Å²) in [6.45, 7) is 0.134. The van der Waals surface area contributed by atoms with Gasteiger partial charge in [0.15, 0.2) is 5.69 Å². The highest BCUT2D eigenvalue weighted by atomic mass is 32.2. The van der Waals surface area contributed by atoms with Crippen molar-refractivity contribution in [1.82, 2.24) is 20.0 Å². The number of aromatic nitrogens is 2. The molecular weight excluding hydrogens is 419 g/mol. The lowest BCUT2D eigenvalue weighted by Crippen LogP contribution is -2.37. The largest absolute Gasteiger partial charge is 0.349 e. The molecule has 0 atom stereocenters. The first-order chi connectivity index (χ1) is 15.0. The third-order valence-electron chi connectivity index (χ3n) is 4.50. The Morgan fingerprint density at radius 3 is 2.55 bits per heavy atom. The number of nitrogens with zero attached hydrogens (tertiary/aromatic N) is 3. The Bertz CT molecular complexity index is 1160. The zero-order valence-corrected chi connectivity index (χ0v) is 17.0. The molecular formula is C22H17FN4O3S. The minimum atomic E-state index is -0.443. The van der Waals surface area contributed by atoms with Gasteiger partial charge >= 0.3 is 0 Å². The van der Waals surface area contributed by atoms with Crippen molar-refractivity contribution >= 4 is 34.9 Å². The maximum absolute atomic E-state index is 13.0. The summed E-state index contributed by atoms with van der Waals surface area (Å²) in [6, 6.07) is 16.6. The molecule has 1 aliphatic heterocycles. The fraction of sp³-hybridized carbons (Fsp3) is 0.0909. The van der Waals surface area contributed by atoms with Crippen LogP contribution >= 0.6 is 11.8 Å². The van der Waals surface area contributed by atoms with Crippen LogP contribution in [0.4, 0.5) is 9.18 Å². The predicted molar refractivity (Wildman–Crippen MR) is 115 cm³/mol. The Hall–Kier alpha value is -3.72. The molecule has 3 aromatic rings. The number of halogens is 1. The molecule has 1 saturated heterocycles. The van der Waals surface area contributed by atoms with E-state index in [-0.39, 0.29) is 29.5 Å². The van der Waals surface area contributed by atoms with Gasteiger partial charge in [-0.05, 0) is 53.7 Å². The minimum absolute atomic E-state index is 0.0383. The normalized spacial score (nSPS) is 15.0. The molecule has 0 unspecified atom stereocenters. The Labute approximate surface area is 181 Å². The van der Waals surface area contributed by atoms with Gasteiger partial charge in [-0.15, -0.1) is 0 Å². The van der Waals surface area contributed by atoms with Crippen molar-refractivity contribution in [2.24, 2.45) is 0 Å². The van der Waals surface area contributed by atoms with E-state index in [9.17, 15) is 18.8 Å². The van der Waals surface area contributed by atoms with Gasteiger partial charge in [0.1, 0.15) is 5.82 Å². The molecule has 1 aliphatic rings. The van der Waals surface area contributed by atoms with Crippen molar-refractivity contribution in [2.75, 3.05) is 13.1 Å². The van der Waals surface area contributed by atoms with Crippen molar-refractivity contribution in [3.8, 4) is 5.69 Å². The SMILES string of the molecule is O=C(NCCN1C(=O)S/C(=C\c2ccc(F)cc2)C1=O)c1ccn(-c2ccccc2)n1. The number of hydrogen-bond acceptors (Lipinski definition) is 5. The first-order valence-corrected chi connectivity index (χ1v) is 10.2. The fourth-order valence-corrected chi connectivity index (χ4v) is 3.81. The molecule has 156 valence electrons. The molecule has 0 bridgehead atoms. The highest BCUT2D eigenvalue weighted by Crippen LogP contribution is 2.31. The van der Waals surface area contributed by atoms with E-state index in [0.29, 0.717) is 5.56 Å². The second kappa shape index (κ2) is 8.97. The van der Waals surface area contributed by atoms with Gasteiger partial charge in [-0.1, -0.05) is 30.3 Å². The number of benzene rings is 2. The summed E-state index contributed by atoms with van der Waals surface area (Å²) in [7, 11) is 0. The monoisotopic (exact) mass is 436 g/mol. The summed E-state index contributed by atoms with van der Waals surface area (Å²) in [5.41, 5.74) is 1.68. The van der Waals surface area contributed by atoms with Crippen molar-refractivity contribution in [2.45, 2.75) is 0 Å². The summed E-state index contributed by atoms with van der Waals surface area (Å²) in [5, 5.41) is 6.50. The molecule has 0 radical (unpaired) electrons. The lowest BCUT2D eigenvalue weighted by Gasteiger charge is -2.12. The van der Waals surface area contributed by atoms with E-state index in [1.807, 2.05) is 30.3 Å². The van der Waals surface area contributed by atoms with Crippen LogP contribution in [0.15, 0.2) is 71.8 Å². The number of carbonyl (C=O) groups excluding carboxylic acids is 3. The topological polar surface area (TPSA) is 84.3 Å². The van der Waals surface area contributed by atoms with Crippen molar-refractivity contribution in [3.05, 3.63) is 88.8 Å². The average molecular weight is 436 g/mol. The molecule has 1 aromatic heterocycles. The van der Waals surface area contributed by atoms with E-state index in [1.54, 1.807) is 23.0 Å². The molecule has 31 heavy (non-hydrogen) atoms. The number of carbonyl (C=O) groups is 3. The molecule has 0 aliphatic carbocycles. The predicted octanol–water partition coefficient (Wildman–Crippen LogP) is 3.48. The number of nitrogens with one attached hydrogen (secondary N) is 1. The second-order valence-electron chi connectivity index (χ2n) is 6.62. The summed E-state index contributed by atoms with van der Waals surface area (Å²) in [4.78, 5) is 38.4. The summed E-state index contributed by atoms with van der Waals surface area (Å²) in [6.07, 6.45) is 3.22. The van der Waals surface area contributed by atoms with Crippen LogP contribution in [-0.4, -0.2) is 44.8 Å². The van der Waals surface area contributed by atoms with Gasteiger partial charge in [0.05, 0.1) is 10.6 Å². The Kier molecular flexibility index (Phi) is 5.94. The smallest absolute Gasteiger partial charge is 0.293 e. The molecule has 9 heteroatoms. The highest BCUT2D eigenvalue weighted by molar-refractivity contribution is 8.18. The van der Waals surface area contributed by atoms with Gasteiger partial charge in [0.2, 0.25) is 0 Å². The van der Waals surface area contributed by atoms with Gasteiger partial charge in [-0.3, -0.25) is 19.3 Å². The molecule has 1 fully saturated rings. The zero-order chi connectivity index (χ0) is 21.8. The summed E-state index contributed by atoms with van der Waals surface area (Å²) in [5.74, 6) is -1.22. The third-order valence-corrected chi connectivity index (χ3v) is 5.41. The van der Waals surface area contributed by atoms with Crippen LogP contribution in [0.5, 0.6) is 0 Å². The van der Waals surface area contributed by atoms with Gasteiger partial charge in [-0.2, -0.15) is 5.10 Å². The van der Waals surface area contributed by atoms with Crippen LogP contribution in [0.1, 0.15) is 16.1 Å². The Morgan fingerprint density at radius 2 is 1.81 bits per heavy atom.